The minimum absolute atomic E-state index is 0.0480. The fraction of sp³-hybridized carbons (Fsp3) is 0.889. The van der Waals surface area contributed by atoms with E-state index in [4.69, 9.17) is 0 Å². The van der Waals surface area contributed by atoms with Crippen LogP contribution in [0.2, 0.25) is 0 Å². The SMILES string of the molecule is O=C1C2[C@@H]3C4C5[C@@H]3C1(Br)[C@@H]5[C@@H]24. The van der Waals surface area contributed by atoms with Gasteiger partial charge in [-0.25, -0.2) is 0 Å². The highest BCUT2D eigenvalue weighted by molar-refractivity contribution is 9.10. The zero-order valence-electron chi connectivity index (χ0n) is 5.83. The van der Waals surface area contributed by atoms with Crippen molar-refractivity contribution in [2.75, 3.05) is 0 Å². The van der Waals surface area contributed by atoms with Crippen LogP contribution in [0.1, 0.15) is 0 Å². The van der Waals surface area contributed by atoms with E-state index in [0.29, 0.717) is 11.7 Å². The number of Topliss-reactive ketones (excluding diaryl/α,β-unsaturated/α-hetero) is 1. The molecule has 56 valence electrons. The standard InChI is InChI=1S/C9H7BrO/c10-9-6-2-1-3(4(2)8(9)11)7(9)5(1)6/h1-7H/t1?,2-,3+,4?,5?,6-,7-,9?/m1/s1. The molecule has 0 aliphatic heterocycles. The predicted octanol–water partition coefficient (Wildman–Crippen LogP) is 1.07. The first-order valence-corrected chi connectivity index (χ1v) is 5.30. The largest absolute Gasteiger partial charge is 0.298 e. The van der Waals surface area contributed by atoms with E-state index < -0.39 is 0 Å². The van der Waals surface area contributed by atoms with Gasteiger partial charge in [0.2, 0.25) is 0 Å². The van der Waals surface area contributed by atoms with Crippen molar-refractivity contribution in [1.29, 1.82) is 0 Å². The molecule has 6 aliphatic rings. The van der Waals surface area contributed by atoms with Crippen molar-refractivity contribution in [2.45, 2.75) is 4.32 Å². The van der Waals surface area contributed by atoms with Gasteiger partial charge in [-0.1, -0.05) is 15.9 Å². The second-order valence-electron chi connectivity index (χ2n) is 5.02. The van der Waals surface area contributed by atoms with Gasteiger partial charge in [0, 0.05) is 5.92 Å². The Balaban J connectivity index is 1.94. The highest BCUT2D eigenvalue weighted by atomic mass is 79.9. The fourth-order valence-electron chi connectivity index (χ4n) is 5.37. The molecule has 0 heterocycles. The van der Waals surface area contributed by atoms with E-state index in [9.17, 15) is 4.79 Å². The number of carbonyl (C=O) groups is 1. The van der Waals surface area contributed by atoms with Gasteiger partial charge in [0.25, 0.3) is 0 Å². The molecule has 0 aromatic heterocycles. The van der Waals surface area contributed by atoms with Gasteiger partial charge in [0.1, 0.15) is 0 Å². The summed E-state index contributed by atoms with van der Waals surface area (Å²) in [6, 6.07) is 0. The summed E-state index contributed by atoms with van der Waals surface area (Å²) in [5.74, 6) is 6.51. The van der Waals surface area contributed by atoms with Crippen molar-refractivity contribution < 1.29 is 4.79 Å². The van der Waals surface area contributed by atoms with Crippen LogP contribution in [0.3, 0.4) is 0 Å². The van der Waals surface area contributed by atoms with Gasteiger partial charge in [-0.15, -0.1) is 0 Å². The number of carbonyl (C=O) groups excluding carboxylic acids is 1. The third-order valence-electron chi connectivity index (χ3n) is 5.47. The Morgan fingerprint density at radius 2 is 1.73 bits per heavy atom. The molecule has 0 spiro atoms. The normalized spacial score (nSPS) is 89.9. The zero-order valence-corrected chi connectivity index (χ0v) is 7.41. The van der Waals surface area contributed by atoms with Crippen LogP contribution in [-0.2, 0) is 4.79 Å². The molecule has 8 atom stereocenters. The molecule has 6 aliphatic carbocycles. The van der Waals surface area contributed by atoms with Gasteiger partial charge >= 0.3 is 0 Å². The Hall–Kier alpha value is 0.150. The van der Waals surface area contributed by atoms with Crippen molar-refractivity contribution >= 4 is 21.7 Å². The number of hydrogen-bond donors (Lipinski definition) is 0. The van der Waals surface area contributed by atoms with Gasteiger partial charge in [-0.3, -0.25) is 4.79 Å². The minimum Gasteiger partial charge on any atom is -0.298 e. The van der Waals surface area contributed by atoms with Gasteiger partial charge in [0.05, 0.1) is 4.32 Å². The fourth-order valence-corrected chi connectivity index (χ4v) is 6.85. The van der Waals surface area contributed by atoms with Crippen LogP contribution in [0.5, 0.6) is 0 Å². The van der Waals surface area contributed by atoms with Gasteiger partial charge < -0.3 is 0 Å². The molecule has 6 rings (SSSR count). The van der Waals surface area contributed by atoms with E-state index in [-0.39, 0.29) is 4.32 Å². The molecule has 6 saturated carbocycles. The molecule has 0 radical (unpaired) electrons. The Morgan fingerprint density at radius 1 is 1.09 bits per heavy atom. The molecule has 1 nitrogen and oxygen atoms in total. The Morgan fingerprint density at radius 3 is 2.09 bits per heavy atom. The Kier molecular flexibility index (Phi) is 0.425. The average molecular weight is 211 g/mol. The molecule has 2 bridgehead atoms. The summed E-state index contributed by atoms with van der Waals surface area (Å²) in [6.45, 7) is 0. The molecule has 6 fully saturated rings. The van der Waals surface area contributed by atoms with E-state index in [2.05, 4.69) is 15.9 Å². The highest BCUT2D eigenvalue weighted by Gasteiger charge is 2.99. The van der Waals surface area contributed by atoms with E-state index >= 15 is 0 Å². The van der Waals surface area contributed by atoms with Crippen molar-refractivity contribution in [2.24, 2.45) is 41.4 Å². The van der Waals surface area contributed by atoms with E-state index in [1.807, 2.05) is 0 Å². The minimum atomic E-state index is 0.0480. The first-order valence-electron chi connectivity index (χ1n) is 4.51. The molecule has 0 amide bonds. The third-order valence-corrected chi connectivity index (χ3v) is 6.92. The summed E-state index contributed by atoms with van der Waals surface area (Å²) in [5.41, 5.74) is 0. The van der Waals surface area contributed by atoms with Gasteiger partial charge in [-0.05, 0) is 35.5 Å². The van der Waals surface area contributed by atoms with E-state index in [1.54, 1.807) is 0 Å². The summed E-state index contributed by atoms with van der Waals surface area (Å²) in [6.07, 6.45) is 0. The third kappa shape index (κ3) is 0.199. The van der Waals surface area contributed by atoms with Crippen LogP contribution < -0.4 is 0 Å². The summed E-state index contributed by atoms with van der Waals surface area (Å²) < 4.78 is 0.0480. The lowest BCUT2D eigenvalue weighted by atomic mass is 9.20. The van der Waals surface area contributed by atoms with Crippen LogP contribution >= 0.6 is 15.9 Å². The maximum absolute atomic E-state index is 11.7. The lowest BCUT2D eigenvalue weighted by molar-refractivity contribution is -0.367. The molecule has 2 heteroatoms. The molecule has 4 unspecified atom stereocenters. The summed E-state index contributed by atoms with van der Waals surface area (Å²) in [7, 11) is 0. The summed E-state index contributed by atoms with van der Waals surface area (Å²) in [4.78, 5) is 11.7. The molecule has 0 aromatic carbocycles. The lowest BCUT2D eigenvalue weighted by Crippen LogP contribution is -2.85. The lowest BCUT2D eigenvalue weighted by Gasteiger charge is -2.85. The average Bonchev–Trinajstić information content (AvgIpc) is 2.14. The van der Waals surface area contributed by atoms with Crippen LogP contribution in [0.4, 0.5) is 0 Å². The van der Waals surface area contributed by atoms with E-state index in [0.717, 1.165) is 35.5 Å². The first kappa shape index (κ1) is 5.00. The second kappa shape index (κ2) is 0.935. The smallest absolute Gasteiger partial charge is 0.153 e. The summed E-state index contributed by atoms with van der Waals surface area (Å²) in [5, 5.41) is 0. The molecule has 0 N–H and O–H groups in total. The van der Waals surface area contributed by atoms with Crippen LogP contribution in [0.15, 0.2) is 0 Å². The maximum atomic E-state index is 11.7. The summed E-state index contributed by atoms with van der Waals surface area (Å²) >= 11 is 3.71. The van der Waals surface area contributed by atoms with Crippen molar-refractivity contribution in [3.63, 3.8) is 0 Å². The van der Waals surface area contributed by atoms with Crippen molar-refractivity contribution in [3.8, 4) is 0 Å². The van der Waals surface area contributed by atoms with E-state index in [1.165, 1.54) is 0 Å². The van der Waals surface area contributed by atoms with Crippen LogP contribution in [-0.4, -0.2) is 10.1 Å². The topological polar surface area (TPSA) is 17.1 Å². The number of ketones is 1. The van der Waals surface area contributed by atoms with Crippen LogP contribution in [0.25, 0.3) is 0 Å². The van der Waals surface area contributed by atoms with Crippen molar-refractivity contribution in [3.05, 3.63) is 0 Å². The maximum Gasteiger partial charge on any atom is 0.153 e. The Labute approximate surface area is 72.7 Å². The molecular weight excluding hydrogens is 204 g/mol. The molecule has 0 aromatic rings. The molecular formula is C9H7BrO. The monoisotopic (exact) mass is 210 g/mol. The van der Waals surface area contributed by atoms with Crippen molar-refractivity contribution in [1.82, 2.24) is 0 Å². The number of alkyl halides is 1. The second-order valence-corrected chi connectivity index (χ2v) is 6.33. The highest BCUT2D eigenvalue weighted by Crippen LogP contribution is 2.96. The number of rotatable bonds is 0. The van der Waals surface area contributed by atoms with Crippen LogP contribution in [0, 0.1) is 41.4 Å². The first-order chi connectivity index (χ1) is 5.28. The number of hydrogen-bond acceptors (Lipinski definition) is 1. The van der Waals surface area contributed by atoms with Gasteiger partial charge in [0.15, 0.2) is 5.78 Å². The quantitative estimate of drug-likeness (QED) is 0.548. The molecule has 0 saturated heterocycles. The molecule has 11 heavy (non-hydrogen) atoms. The van der Waals surface area contributed by atoms with Gasteiger partial charge in [-0.2, -0.15) is 0 Å². The zero-order chi connectivity index (χ0) is 7.12. The number of halogens is 1. The predicted molar refractivity (Wildman–Crippen MR) is 41.1 cm³/mol. The Bertz CT molecular complexity index is 316.